The number of benzene rings is 2. The van der Waals surface area contributed by atoms with Gasteiger partial charge in [0.1, 0.15) is 0 Å². The highest BCUT2D eigenvalue weighted by atomic mass is 16.5. The van der Waals surface area contributed by atoms with Crippen molar-refractivity contribution in [1.29, 1.82) is 0 Å². The van der Waals surface area contributed by atoms with Gasteiger partial charge in [0.2, 0.25) is 0 Å². The highest BCUT2D eigenvalue weighted by Crippen LogP contribution is 2.28. The van der Waals surface area contributed by atoms with Crippen LogP contribution in [-0.2, 0) is 16.0 Å². The molecule has 0 unspecified atom stereocenters. The van der Waals surface area contributed by atoms with Gasteiger partial charge in [0.25, 0.3) is 0 Å². The lowest BCUT2D eigenvalue weighted by molar-refractivity contribution is -0.139. The predicted octanol–water partition coefficient (Wildman–Crippen LogP) is 3.97. The molecule has 0 bridgehead atoms. The average Bonchev–Trinajstić information content (AvgIpc) is 2.86. The smallest absolute Gasteiger partial charge is 0.311 e. The van der Waals surface area contributed by atoms with E-state index in [9.17, 15) is 4.79 Å². The minimum absolute atomic E-state index is 0.198. The number of esters is 1. The first-order valence-electron chi connectivity index (χ1n) is 8.04. The van der Waals surface area contributed by atoms with Gasteiger partial charge < -0.3 is 4.74 Å². The molecule has 1 heterocycles. The Labute approximate surface area is 142 Å². The number of carbonyl (C=O) groups is 1. The molecule has 4 heteroatoms. The molecule has 0 amide bonds. The van der Waals surface area contributed by atoms with E-state index in [-0.39, 0.29) is 12.4 Å². The standard InChI is InChI=1S/C20H22N2O2/c1-12-6-7-17(14(3)8-12)22-18(11-19(23)24-5)16-10-13(2)9-15(4)20(16)21-22/h6-10H,11H2,1-5H3. The van der Waals surface area contributed by atoms with Gasteiger partial charge in [0, 0.05) is 5.39 Å². The SMILES string of the molecule is COC(=O)Cc1c2cc(C)cc(C)c2nn1-c1ccc(C)cc1C. The Morgan fingerprint density at radius 3 is 2.42 bits per heavy atom. The Bertz CT molecular complexity index is 938. The second kappa shape index (κ2) is 6.11. The first kappa shape index (κ1) is 16.2. The molecule has 0 aliphatic heterocycles. The average molecular weight is 322 g/mol. The minimum Gasteiger partial charge on any atom is -0.469 e. The van der Waals surface area contributed by atoms with Crippen molar-refractivity contribution in [2.75, 3.05) is 7.11 Å². The summed E-state index contributed by atoms with van der Waals surface area (Å²) in [6.45, 7) is 8.24. The van der Waals surface area contributed by atoms with Gasteiger partial charge in [0.15, 0.2) is 0 Å². The third kappa shape index (κ3) is 2.80. The Kier molecular flexibility index (Phi) is 4.14. The third-order valence-electron chi connectivity index (χ3n) is 4.33. The van der Waals surface area contributed by atoms with Gasteiger partial charge >= 0.3 is 5.97 Å². The molecule has 124 valence electrons. The molecule has 4 nitrogen and oxygen atoms in total. The maximum atomic E-state index is 12.0. The predicted molar refractivity (Wildman–Crippen MR) is 95.7 cm³/mol. The van der Waals surface area contributed by atoms with E-state index in [1.165, 1.54) is 12.7 Å². The summed E-state index contributed by atoms with van der Waals surface area (Å²) in [5, 5.41) is 5.82. The molecule has 3 rings (SSSR count). The van der Waals surface area contributed by atoms with E-state index in [4.69, 9.17) is 9.84 Å². The zero-order chi connectivity index (χ0) is 17.4. The summed E-state index contributed by atoms with van der Waals surface area (Å²) in [7, 11) is 1.42. The molecule has 0 saturated carbocycles. The van der Waals surface area contributed by atoms with Gasteiger partial charge in [-0.25, -0.2) is 4.68 Å². The first-order chi connectivity index (χ1) is 11.4. The topological polar surface area (TPSA) is 44.1 Å². The fraction of sp³-hybridized carbons (Fsp3) is 0.300. The molecule has 0 saturated heterocycles. The highest BCUT2D eigenvalue weighted by molar-refractivity contribution is 5.89. The van der Waals surface area contributed by atoms with E-state index >= 15 is 0 Å². The molecule has 0 atom stereocenters. The summed E-state index contributed by atoms with van der Waals surface area (Å²) in [6.07, 6.45) is 0.198. The van der Waals surface area contributed by atoms with Gasteiger partial charge in [-0.1, -0.05) is 29.3 Å². The van der Waals surface area contributed by atoms with Gasteiger partial charge in [0.05, 0.1) is 30.4 Å². The van der Waals surface area contributed by atoms with Crippen molar-refractivity contribution in [2.24, 2.45) is 0 Å². The van der Waals surface area contributed by atoms with Crippen LogP contribution in [0.3, 0.4) is 0 Å². The number of methoxy groups -OCH3 is 1. The Balaban J connectivity index is 2.31. The first-order valence-corrected chi connectivity index (χ1v) is 8.04. The number of ether oxygens (including phenoxy) is 1. The second-order valence-corrected chi connectivity index (χ2v) is 6.38. The summed E-state index contributed by atoms with van der Waals surface area (Å²) in [5.74, 6) is -0.262. The van der Waals surface area contributed by atoms with Crippen molar-refractivity contribution in [1.82, 2.24) is 9.78 Å². The lowest BCUT2D eigenvalue weighted by Crippen LogP contribution is -2.11. The lowest BCUT2D eigenvalue weighted by atomic mass is 10.1. The fourth-order valence-electron chi connectivity index (χ4n) is 3.21. The fourth-order valence-corrected chi connectivity index (χ4v) is 3.21. The van der Waals surface area contributed by atoms with Crippen LogP contribution >= 0.6 is 0 Å². The molecule has 3 aromatic rings. The van der Waals surface area contributed by atoms with Crippen LogP contribution in [0.2, 0.25) is 0 Å². The van der Waals surface area contributed by atoms with E-state index < -0.39 is 0 Å². The molecule has 24 heavy (non-hydrogen) atoms. The van der Waals surface area contributed by atoms with Crippen molar-refractivity contribution in [3.63, 3.8) is 0 Å². The number of aryl methyl sites for hydroxylation is 4. The van der Waals surface area contributed by atoms with E-state index in [1.54, 1.807) is 0 Å². The molecular formula is C20H22N2O2. The van der Waals surface area contributed by atoms with Crippen LogP contribution in [0, 0.1) is 27.7 Å². The van der Waals surface area contributed by atoms with E-state index in [2.05, 4.69) is 58.0 Å². The number of fused-ring (bicyclic) bond motifs is 1. The van der Waals surface area contributed by atoms with Gasteiger partial charge in [-0.05, 0) is 51.0 Å². The van der Waals surface area contributed by atoms with Crippen LogP contribution in [0.1, 0.15) is 27.9 Å². The number of hydrogen-bond acceptors (Lipinski definition) is 3. The molecule has 0 fully saturated rings. The number of carbonyl (C=O) groups excluding carboxylic acids is 1. The number of nitrogens with zero attached hydrogens (tertiary/aromatic N) is 2. The maximum Gasteiger partial charge on any atom is 0.311 e. The largest absolute Gasteiger partial charge is 0.469 e. The van der Waals surface area contributed by atoms with E-state index in [1.807, 2.05) is 4.68 Å². The molecule has 1 aromatic heterocycles. The Hall–Kier alpha value is -2.62. The minimum atomic E-state index is -0.262. The van der Waals surface area contributed by atoms with Crippen molar-refractivity contribution in [2.45, 2.75) is 34.1 Å². The van der Waals surface area contributed by atoms with E-state index in [0.29, 0.717) is 0 Å². The van der Waals surface area contributed by atoms with Gasteiger partial charge in [-0.15, -0.1) is 0 Å². The van der Waals surface area contributed by atoms with E-state index in [0.717, 1.165) is 39.0 Å². The molecule has 0 N–H and O–H groups in total. The number of rotatable bonds is 3. The molecule has 0 aliphatic carbocycles. The Morgan fingerprint density at radius 1 is 1.04 bits per heavy atom. The summed E-state index contributed by atoms with van der Waals surface area (Å²) in [4.78, 5) is 12.0. The van der Waals surface area contributed by atoms with Crippen molar-refractivity contribution < 1.29 is 9.53 Å². The van der Waals surface area contributed by atoms with Crippen LogP contribution in [-0.4, -0.2) is 22.9 Å². The zero-order valence-electron chi connectivity index (χ0n) is 14.8. The summed E-state index contributed by atoms with van der Waals surface area (Å²) in [5.41, 5.74) is 7.39. The van der Waals surface area contributed by atoms with Crippen molar-refractivity contribution in [3.05, 3.63) is 58.3 Å². The summed E-state index contributed by atoms with van der Waals surface area (Å²) < 4.78 is 6.78. The lowest BCUT2D eigenvalue weighted by Gasteiger charge is -2.11. The molecule has 0 radical (unpaired) electrons. The second-order valence-electron chi connectivity index (χ2n) is 6.38. The zero-order valence-corrected chi connectivity index (χ0v) is 14.8. The molecule has 2 aromatic carbocycles. The highest BCUT2D eigenvalue weighted by Gasteiger charge is 2.19. The van der Waals surface area contributed by atoms with Crippen LogP contribution in [0.5, 0.6) is 0 Å². The number of aromatic nitrogens is 2. The molecular weight excluding hydrogens is 300 g/mol. The van der Waals surface area contributed by atoms with Gasteiger partial charge in [-0.2, -0.15) is 5.10 Å². The van der Waals surface area contributed by atoms with Crippen LogP contribution < -0.4 is 0 Å². The van der Waals surface area contributed by atoms with Crippen LogP contribution in [0.4, 0.5) is 0 Å². The normalized spacial score (nSPS) is 11.0. The van der Waals surface area contributed by atoms with Crippen LogP contribution in [0.25, 0.3) is 16.6 Å². The molecule has 0 aliphatic rings. The summed E-state index contributed by atoms with van der Waals surface area (Å²) >= 11 is 0. The molecule has 0 spiro atoms. The van der Waals surface area contributed by atoms with Crippen LogP contribution in [0.15, 0.2) is 30.3 Å². The quantitative estimate of drug-likeness (QED) is 0.685. The monoisotopic (exact) mass is 322 g/mol. The Morgan fingerprint density at radius 2 is 1.75 bits per heavy atom. The summed E-state index contributed by atoms with van der Waals surface area (Å²) in [6, 6.07) is 10.5. The van der Waals surface area contributed by atoms with Crippen molar-refractivity contribution in [3.8, 4) is 5.69 Å². The van der Waals surface area contributed by atoms with Crippen molar-refractivity contribution >= 4 is 16.9 Å². The maximum absolute atomic E-state index is 12.0. The number of hydrogen-bond donors (Lipinski definition) is 0. The van der Waals surface area contributed by atoms with Gasteiger partial charge in [-0.3, -0.25) is 4.79 Å². The third-order valence-corrected chi connectivity index (χ3v) is 4.33.